The minimum Gasteiger partial charge on any atom is -0.710 e. The minimum atomic E-state index is 0.568. The van der Waals surface area contributed by atoms with Gasteiger partial charge in [-0.2, -0.15) is 0 Å². The molecule has 98 valence electrons. The van der Waals surface area contributed by atoms with Gasteiger partial charge in [0.1, 0.15) is 5.69 Å². The van der Waals surface area contributed by atoms with Crippen LogP contribution >= 0.6 is 0 Å². The Bertz CT molecular complexity index is 742. The highest BCUT2D eigenvalue weighted by Gasteiger charge is 2.11. The third-order valence-corrected chi connectivity index (χ3v) is 3.06. The third-order valence-electron chi connectivity index (χ3n) is 3.06. The molecule has 0 aliphatic carbocycles. The first-order valence-electron chi connectivity index (χ1n) is 6.24. The van der Waals surface area contributed by atoms with Crippen LogP contribution in [-0.4, -0.2) is 4.98 Å². The van der Waals surface area contributed by atoms with Crippen molar-refractivity contribution in [2.24, 2.45) is 0 Å². The van der Waals surface area contributed by atoms with Gasteiger partial charge in [0.15, 0.2) is 5.69 Å². The SMILES string of the molecule is Nc1cccc(-c2cc(-c3ccccc3)[n+]([O-])cn2)c1. The van der Waals surface area contributed by atoms with E-state index >= 15 is 0 Å². The van der Waals surface area contributed by atoms with E-state index in [9.17, 15) is 5.21 Å². The van der Waals surface area contributed by atoms with Crippen molar-refractivity contribution >= 4 is 5.69 Å². The summed E-state index contributed by atoms with van der Waals surface area (Å²) in [6.45, 7) is 0. The molecule has 0 aliphatic rings. The first-order valence-corrected chi connectivity index (χ1v) is 6.24. The molecule has 1 heterocycles. The van der Waals surface area contributed by atoms with Crippen molar-refractivity contribution in [3.05, 3.63) is 72.2 Å². The highest BCUT2D eigenvalue weighted by Crippen LogP contribution is 2.22. The zero-order chi connectivity index (χ0) is 13.9. The lowest BCUT2D eigenvalue weighted by molar-refractivity contribution is -0.597. The predicted molar refractivity (Wildman–Crippen MR) is 78.5 cm³/mol. The lowest BCUT2D eigenvalue weighted by Crippen LogP contribution is -2.29. The van der Waals surface area contributed by atoms with E-state index in [1.54, 1.807) is 6.07 Å². The lowest BCUT2D eigenvalue weighted by atomic mass is 10.1. The molecule has 3 aromatic rings. The monoisotopic (exact) mass is 263 g/mol. The zero-order valence-electron chi connectivity index (χ0n) is 10.7. The largest absolute Gasteiger partial charge is 0.710 e. The number of nitrogens with two attached hydrogens (primary N) is 1. The molecule has 0 atom stereocenters. The molecule has 0 radical (unpaired) electrons. The smallest absolute Gasteiger partial charge is 0.290 e. The van der Waals surface area contributed by atoms with Crippen molar-refractivity contribution in [3.63, 3.8) is 0 Å². The van der Waals surface area contributed by atoms with Gasteiger partial charge in [-0.1, -0.05) is 42.5 Å². The van der Waals surface area contributed by atoms with Crippen LogP contribution in [0.1, 0.15) is 0 Å². The molecule has 0 aliphatic heterocycles. The van der Waals surface area contributed by atoms with Crippen LogP contribution in [0.2, 0.25) is 0 Å². The molecule has 4 nitrogen and oxygen atoms in total. The summed E-state index contributed by atoms with van der Waals surface area (Å²) in [6, 6.07) is 18.7. The van der Waals surface area contributed by atoms with Gasteiger partial charge in [-0.25, -0.2) is 4.73 Å². The first-order chi connectivity index (χ1) is 9.74. The Kier molecular flexibility index (Phi) is 3.05. The number of nitrogens with zero attached hydrogens (tertiary/aromatic N) is 2. The van der Waals surface area contributed by atoms with Crippen molar-refractivity contribution in [1.29, 1.82) is 0 Å². The maximum Gasteiger partial charge on any atom is 0.290 e. The van der Waals surface area contributed by atoms with Gasteiger partial charge < -0.3 is 10.9 Å². The summed E-state index contributed by atoms with van der Waals surface area (Å²) in [5.74, 6) is 0. The Morgan fingerprint density at radius 2 is 1.65 bits per heavy atom. The molecule has 0 amide bonds. The number of anilines is 1. The van der Waals surface area contributed by atoms with Crippen LogP contribution in [-0.2, 0) is 0 Å². The molecule has 1 aromatic heterocycles. The van der Waals surface area contributed by atoms with E-state index in [2.05, 4.69) is 4.98 Å². The van der Waals surface area contributed by atoms with Gasteiger partial charge >= 0.3 is 0 Å². The Hall–Kier alpha value is -2.88. The first kappa shape index (κ1) is 12.2. The fraction of sp³-hybridized carbons (Fsp3) is 0. The number of aromatic nitrogens is 2. The fourth-order valence-corrected chi connectivity index (χ4v) is 2.08. The molecular formula is C16H13N3O. The van der Waals surface area contributed by atoms with Gasteiger partial charge in [0.05, 0.1) is 0 Å². The highest BCUT2D eigenvalue weighted by molar-refractivity contribution is 5.68. The van der Waals surface area contributed by atoms with Crippen molar-refractivity contribution < 1.29 is 4.73 Å². The van der Waals surface area contributed by atoms with E-state index in [0.717, 1.165) is 21.6 Å². The van der Waals surface area contributed by atoms with Crippen molar-refractivity contribution in [2.45, 2.75) is 0 Å². The van der Waals surface area contributed by atoms with Gasteiger partial charge in [0.2, 0.25) is 0 Å². The van der Waals surface area contributed by atoms with E-state index in [1.807, 2.05) is 54.6 Å². The average molecular weight is 263 g/mol. The lowest BCUT2D eigenvalue weighted by Gasteiger charge is -2.09. The zero-order valence-corrected chi connectivity index (χ0v) is 10.7. The number of hydrogen-bond donors (Lipinski definition) is 1. The van der Waals surface area contributed by atoms with E-state index in [-0.39, 0.29) is 0 Å². The summed E-state index contributed by atoms with van der Waals surface area (Å²) in [6.07, 6.45) is 1.28. The van der Waals surface area contributed by atoms with E-state index in [0.29, 0.717) is 11.4 Å². The number of hydrogen-bond acceptors (Lipinski definition) is 3. The molecule has 0 saturated carbocycles. The van der Waals surface area contributed by atoms with Crippen LogP contribution in [0.5, 0.6) is 0 Å². The highest BCUT2D eigenvalue weighted by atomic mass is 16.5. The average Bonchev–Trinajstić information content (AvgIpc) is 2.48. The van der Waals surface area contributed by atoms with E-state index in [4.69, 9.17) is 5.73 Å². The molecule has 20 heavy (non-hydrogen) atoms. The third kappa shape index (κ3) is 2.31. The topological polar surface area (TPSA) is 65.8 Å². The van der Waals surface area contributed by atoms with E-state index < -0.39 is 0 Å². The molecule has 2 N–H and O–H groups in total. The summed E-state index contributed by atoms with van der Waals surface area (Å²) in [4.78, 5) is 4.17. The molecule has 2 aromatic carbocycles. The standard InChI is InChI=1S/C16H13N3O/c17-14-8-4-7-13(9-14)15-10-16(19(20)11-18-15)12-5-2-1-3-6-12/h1-11H,17H2. The molecule has 0 saturated heterocycles. The summed E-state index contributed by atoms with van der Waals surface area (Å²) in [5, 5.41) is 11.9. The summed E-state index contributed by atoms with van der Waals surface area (Å²) in [5.41, 5.74) is 9.49. The maximum atomic E-state index is 11.9. The van der Waals surface area contributed by atoms with Crippen LogP contribution in [0.25, 0.3) is 22.5 Å². The van der Waals surface area contributed by atoms with Crippen molar-refractivity contribution in [2.75, 3.05) is 5.73 Å². The molecule has 0 bridgehead atoms. The Morgan fingerprint density at radius 1 is 0.900 bits per heavy atom. The van der Waals surface area contributed by atoms with Gasteiger partial charge in [-0.3, -0.25) is 0 Å². The van der Waals surface area contributed by atoms with Crippen molar-refractivity contribution in [1.82, 2.24) is 4.98 Å². The van der Waals surface area contributed by atoms with E-state index in [1.165, 1.54) is 6.33 Å². The van der Waals surface area contributed by atoms with Crippen LogP contribution in [0.3, 0.4) is 0 Å². The molecule has 0 fully saturated rings. The fourth-order valence-electron chi connectivity index (χ4n) is 2.08. The summed E-state index contributed by atoms with van der Waals surface area (Å²) >= 11 is 0. The quantitative estimate of drug-likeness (QED) is 0.439. The van der Waals surface area contributed by atoms with Gasteiger partial charge in [-0.15, -0.1) is 0 Å². The van der Waals surface area contributed by atoms with Crippen LogP contribution in [0, 0.1) is 5.21 Å². The summed E-state index contributed by atoms with van der Waals surface area (Å²) < 4.78 is 0.769. The van der Waals surface area contributed by atoms with Gasteiger partial charge in [-0.05, 0) is 17.1 Å². The second kappa shape index (κ2) is 5.01. The minimum absolute atomic E-state index is 0.568. The Labute approximate surface area is 116 Å². The normalized spacial score (nSPS) is 10.4. The van der Waals surface area contributed by atoms with Crippen LogP contribution in [0.15, 0.2) is 67.0 Å². The molecule has 3 rings (SSSR count). The summed E-state index contributed by atoms with van der Waals surface area (Å²) in [7, 11) is 0. The van der Waals surface area contributed by atoms with Crippen molar-refractivity contribution in [3.8, 4) is 22.5 Å². The second-order valence-corrected chi connectivity index (χ2v) is 4.48. The predicted octanol–water partition coefficient (Wildman–Crippen LogP) is 2.63. The van der Waals surface area contributed by atoms with Crippen LogP contribution < -0.4 is 10.5 Å². The number of nitrogen functional groups attached to an aromatic ring is 1. The number of rotatable bonds is 2. The Morgan fingerprint density at radius 3 is 2.40 bits per heavy atom. The second-order valence-electron chi connectivity index (χ2n) is 4.48. The van der Waals surface area contributed by atoms with Gasteiger partial charge in [0.25, 0.3) is 6.33 Å². The molecular weight excluding hydrogens is 250 g/mol. The number of benzene rings is 2. The molecule has 0 unspecified atom stereocenters. The maximum absolute atomic E-state index is 11.9. The molecule has 4 heteroatoms. The Balaban J connectivity index is 2.12. The van der Waals surface area contributed by atoms with Crippen LogP contribution in [0.4, 0.5) is 5.69 Å². The van der Waals surface area contributed by atoms with Gasteiger partial charge in [0, 0.05) is 22.9 Å². The molecule has 0 spiro atoms.